The third kappa shape index (κ3) is 4.56. The number of aryl methyl sites for hydroxylation is 1. The minimum atomic E-state index is 0.238. The monoisotopic (exact) mass is 401 g/mol. The Bertz CT molecular complexity index is 986. The topological polar surface area (TPSA) is 54.2 Å². The van der Waals surface area contributed by atoms with Crippen LogP contribution in [0, 0.1) is 6.92 Å². The minimum absolute atomic E-state index is 0.238. The second kappa shape index (κ2) is 9.16. The number of imidazole rings is 1. The molecule has 3 aromatic rings. The largest absolute Gasteiger partial charge is 0.356 e. The van der Waals surface area contributed by atoms with E-state index < -0.39 is 0 Å². The fourth-order valence-corrected chi connectivity index (χ4v) is 4.23. The van der Waals surface area contributed by atoms with Crippen molar-refractivity contribution in [2.75, 3.05) is 13.6 Å². The molecule has 5 nitrogen and oxygen atoms in total. The summed E-state index contributed by atoms with van der Waals surface area (Å²) in [6.45, 7) is 4.53. The van der Waals surface area contributed by atoms with Crippen molar-refractivity contribution >= 4 is 5.96 Å². The Labute approximate surface area is 179 Å². The normalized spacial score (nSPS) is 15.5. The summed E-state index contributed by atoms with van der Waals surface area (Å²) in [6, 6.07) is 19.6. The number of rotatable bonds is 7. The van der Waals surface area contributed by atoms with Crippen molar-refractivity contribution in [3.8, 4) is 0 Å². The van der Waals surface area contributed by atoms with Gasteiger partial charge in [-0.1, -0.05) is 61.0 Å². The van der Waals surface area contributed by atoms with E-state index >= 15 is 0 Å². The second-order valence-corrected chi connectivity index (χ2v) is 8.20. The Balaban J connectivity index is 1.34. The van der Waals surface area contributed by atoms with Gasteiger partial charge in [0.15, 0.2) is 5.96 Å². The van der Waals surface area contributed by atoms with Crippen LogP contribution in [0.15, 0.2) is 72.0 Å². The van der Waals surface area contributed by atoms with Crippen LogP contribution in [0.25, 0.3) is 0 Å². The number of nitrogens with zero attached hydrogens (tertiary/aromatic N) is 3. The summed E-state index contributed by atoms with van der Waals surface area (Å²) in [6.07, 6.45) is 7.63. The lowest BCUT2D eigenvalue weighted by atomic mass is 9.64. The zero-order valence-corrected chi connectivity index (χ0v) is 17.9. The molecule has 1 heterocycles. The highest BCUT2D eigenvalue weighted by Gasteiger charge is 2.38. The van der Waals surface area contributed by atoms with Gasteiger partial charge in [-0.3, -0.25) is 4.99 Å². The Hall–Kier alpha value is -3.08. The summed E-state index contributed by atoms with van der Waals surface area (Å²) < 4.78 is 2.16. The number of hydrogen-bond donors (Lipinski definition) is 2. The quantitative estimate of drug-likeness (QED) is 0.464. The van der Waals surface area contributed by atoms with Gasteiger partial charge in [-0.2, -0.15) is 0 Å². The summed E-state index contributed by atoms with van der Waals surface area (Å²) >= 11 is 0. The number of aromatic nitrogens is 2. The Morgan fingerprint density at radius 3 is 2.53 bits per heavy atom. The number of guanidine groups is 1. The molecule has 4 rings (SSSR count). The van der Waals surface area contributed by atoms with Gasteiger partial charge in [0.25, 0.3) is 0 Å². The van der Waals surface area contributed by atoms with Crippen LogP contribution in [0.1, 0.15) is 41.8 Å². The first-order valence-corrected chi connectivity index (χ1v) is 10.7. The maximum Gasteiger partial charge on any atom is 0.191 e. The molecule has 0 amide bonds. The molecule has 0 saturated heterocycles. The van der Waals surface area contributed by atoms with Gasteiger partial charge in [0.1, 0.15) is 5.82 Å². The molecule has 1 aromatic heterocycles. The SMILES string of the molecule is CN=C(NCc1cccc(Cn2ccnc2C)c1)NCC1(c2ccccc2)CCC1. The van der Waals surface area contributed by atoms with Gasteiger partial charge in [0.05, 0.1) is 0 Å². The predicted octanol–water partition coefficient (Wildman–Crippen LogP) is 4.03. The molecule has 0 radical (unpaired) electrons. The molecule has 0 bridgehead atoms. The van der Waals surface area contributed by atoms with E-state index in [0.29, 0.717) is 0 Å². The lowest BCUT2D eigenvalue weighted by molar-refractivity contribution is 0.244. The van der Waals surface area contributed by atoms with Crippen molar-refractivity contribution in [3.05, 3.63) is 89.5 Å². The van der Waals surface area contributed by atoms with Crippen LogP contribution in [0.5, 0.6) is 0 Å². The van der Waals surface area contributed by atoms with Gasteiger partial charge < -0.3 is 15.2 Å². The summed E-state index contributed by atoms with van der Waals surface area (Å²) in [7, 11) is 1.84. The molecule has 156 valence electrons. The van der Waals surface area contributed by atoms with E-state index in [9.17, 15) is 0 Å². The number of benzene rings is 2. The van der Waals surface area contributed by atoms with Crippen LogP contribution < -0.4 is 10.6 Å². The van der Waals surface area contributed by atoms with E-state index in [-0.39, 0.29) is 5.41 Å². The van der Waals surface area contributed by atoms with E-state index in [1.54, 1.807) is 0 Å². The van der Waals surface area contributed by atoms with Gasteiger partial charge in [-0.25, -0.2) is 4.98 Å². The van der Waals surface area contributed by atoms with Crippen molar-refractivity contribution in [2.45, 2.75) is 44.7 Å². The third-order valence-corrected chi connectivity index (χ3v) is 6.24. The van der Waals surface area contributed by atoms with Gasteiger partial charge in [-0.15, -0.1) is 0 Å². The highest BCUT2D eigenvalue weighted by Crippen LogP contribution is 2.43. The molecule has 30 heavy (non-hydrogen) atoms. The van der Waals surface area contributed by atoms with E-state index in [1.165, 1.54) is 36.0 Å². The van der Waals surface area contributed by atoms with Crippen LogP contribution in [0.3, 0.4) is 0 Å². The zero-order chi connectivity index (χ0) is 20.8. The summed E-state index contributed by atoms with van der Waals surface area (Å²) in [5.74, 6) is 1.89. The van der Waals surface area contributed by atoms with Crippen LogP contribution in [0.4, 0.5) is 0 Å². The first-order valence-electron chi connectivity index (χ1n) is 10.7. The van der Waals surface area contributed by atoms with Crippen LogP contribution in [0.2, 0.25) is 0 Å². The molecule has 2 N–H and O–H groups in total. The summed E-state index contributed by atoms with van der Waals surface area (Å²) in [4.78, 5) is 8.74. The second-order valence-electron chi connectivity index (χ2n) is 8.20. The molecule has 1 aliphatic carbocycles. The predicted molar refractivity (Wildman–Crippen MR) is 123 cm³/mol. The fraction of sp³-hybridized carbons (Fsp3) is 0.360. The standard InChI is InChI=1S/C25H31N5/c1-20-27-14-15-30(20)18-22-9-6-8-21(16-22)17-28-24(26-2)29-19-25(12-7-13-25)23-10-4-3-5-11-23/h3-6,8-11,14-16H,7,12-13,17-19H2,1-2H3,(H2,26,28,29). The molecule has 1 saturated carbocycles. The highest BCUT2D eigenvalue weighted by molar-refractivity contribution is 5.79. The van der Waals surface area contributed by atoms with Crippen LogP contribution in [-0.2, 0) is 18.5 Å². The van der Waals surface area contributed by atoms with Crippen molar-refractivity contribution in [2.24, 2.45) is 4.99 Å². The Morgan fingerprint density at radius 2 is 1.87 bits per heavy atom. The van der Waals surface area contributed by atoms with E-state index in [2.05, 4.69) is 79.8 Å². The smallest absolute Gasteiger partial charge is 0.191 e. The van der Waals surface area contributed by atoms with E-state index in [0.717, 1.165) is 31.4 Å². The third-order valence-electron chi connectivity index (χ3n) is 6.24. The molecule has 0 aliphatic heterocycles. The van der Waals surface area contributed by atoms with Gasteiger partial charge in [0.2, 0.25) is 0 Å². The first-order chi connectivity index (χ1) is 14.7. The minimum Gasteiger partial charge on any atom is -0.356 e. The molecule has 5 heteroatoms. The molecule has 2 aromatic carbocycles. The summed E-state index contributed by atoms with van der Waals surface area (Å²) in [5, 5.41) is 7.04. The Kier molecular flexibility index (Phi) is 6.17. The molecular formula is C25H31N5. The molecule has 0 spiro atoms. The van der Waals surface area contributed by atoms with Crippen molar-refractivity contribution in [3.63, 3.8) is 0 Å². The lowest BCUT2D eigenvalue weighted by Crippen LogP contribution is -2.48. The molecule has 0 unspecified atom stereocenters. The fourth-order valence-electron chi connectivity index (χ4n) is 4.23. The van der Waals surface area contributed by atoms with Crippen molar-refractivity contribution in [1.29, 1.82) is 0 Å². The summed E-state index contributed by atoms with van der Waals surface area (Å²) in [5.41, 5.74) is 4.19. The van der Waals surface area contributed by atoms with E-state index in [1.807, 2.05) is 26.4 Å². The van der Waals surface area contributed by atoms with Gasteiger partial charge in [0, 0.05) is 44.5 Å². The van der Waals surface area contributed by atoms with Gasteiger partial charge in [-0.05, 0) is 36.5 Å². The molecule has 1 fully saturated rings. The maximum absolute atomic E-state index is 4.44. The highest BCUT2D eigenvalue weighted by atomic mass is 15.2. The van der Waals surface area contributed by atoms with Crippen LogP contribution >= 0.6 is 0 Å². The molecule has 1 aliphatic rings. The first kappa shape index (κ1) is 20.2. The van der Waals surface area contributed by atoms with Gasteiger partial charge >= 0.3 is 0 Å². The average molecular weight is 402 g/mol. The molecule has 0 atom stereocenters. The van der Waals surface area contributed by atoms with Crippen LogP contribution in [-0.4, -0.2) is 29.1 Å². The Morgan fingerprint density at radius 1 is 1.07 bits per heavy atom. The maximum atomic E-state index is 4.44. The number of aliphatic imine (C=N–C) groups is 1. The van der Waals surface area contributed by atoms with Crippen molar-refractivity contribution < 1.29 is 0 Å². The zero-order valence-electron chi connectivity index (χ0n) is 17.9. The lowest BCUT2D eigenvalue weighted by Gasteiger charge is -2.43. The number of hydrogen-bond acceptors (Lipinski definition) is 2. The average Bonchev–Trinajstić information content (AvgIpc) is 3.15. The molecular weight excluding hydrogens is 370 g/mol. The number of nitrogens with one attached hydrogen (secondary N) is 2. The van der Waals surface area contributed by atoms with E-state index in [4.69, 9.17) is 0 Å². The van der Waals surface area contributed by atoms with Crippen molar-refractivity contribution in [1.82, 2.24) is 20.2 Å².